The Balaban J connectivity index is 0. The third-order valence-electron chi connectivity index (χ3n) is 2.97. The zero-order valence-electron chi connectivity index (χ0n) is 16.7. The first-order valence-electron chi connectivity index (χ1n) is 8.91. The molecule has 0 aromatic carbocycles. The summed E-state index contributed by atoms with van der Waals surface area (Å²) in [6, 6.07) is 0. The number of likely N-dealkylation sites (N-methyl/N-ethyl adjacent to an activating group) is 1. The van der Waals surface area contributed by atoms with Crippen molar-refractivity contribution in [2.24, 2.45) is 4.99 Å². The highest BCUT2D eigenvalue weighted by Gasteiger charge is 2.20. The molecule has 0 aliphatic heterocycles. The lowest BCUT2D eigenvalue weighted by Gasteiger charge is -2.26. The molecule has 0 unspecified atom stereocenters. The number of nitrogens with zero attached hydrogens (tertiary/aromatic N) is 2. The topological polar surface area (TPSA) is 75.2 Å². The molecule has 0 radical (unpaired) electrons. The molecule has 1 amide bonds. The molecular formula is C17H37IN4O3. The number of nitrogens with one attached hydrogen (secondary N) is 2. The average Bonchev–Trinajstić information content (AvgIpc) is 2.49. The Morgan fingerprint density at radius 3 is 2.36 bits per heavy atom. The van der Waals surface area contributed by atoms with Crippen LogP contribution in [-0.2, 0) is 9.47 Å². The van der Waals surface area contributed by atoms with Crippen LogP contribution in [0.1, 0.15) is 48.0 Å². The molecule has 7 nitrogen and oxygen atoms in total. The van der Waals surface area contributed by atoms with Gasteiger partial charge in [0, 0.05) is 45.9 Å². The summed E-state index contributed by atoms with van der Waals surface area (Å²) in [5.74, 6) is 0.759. The first-order valence-corrected chi connectivity index (χ1v) is 8.91. The summed E-state index contributed by atoms with van der Waals surface area (Å²) in [4.78, 5) is 18.2. The molecule has 0 aromatic heterocycles. The number of halogens is 1. The van der Waals surface area contributed by atoms with Gasteiger partial charge in [-0.15, -0.1) is 24.0 Å². The van der Waals surface area contributed by atoms with Crippen molar-refractivity contribution in [2.75, 3.05) is 45.9 Å². The lowest BCUT2D eigenvalue weighted by molar-refractivity contribution is 0.0264. The monoisotopic (exact) mass is 472 g/mol. The van der Waals surface area contributed by atoms with Crippen LogP contribution in [0.2, 0.25) is 0 Å². The van der Waals surface area contributed by atoms with E-state index in [0.29, 0.717) is 26.2 Å². The number of amides is 1. The van der Waals surface area contributed by atoms with Crippen LogP contribution >= 0.6 is 24.0 Å². The number of ether oxygens (including phenoxy) is 2. The standard InChI is InChI=1S/C17H36N4O3.HI/c1-7-18-15(19-11-10-14-23-9-3)20-12-13-21(8-2)16(22)24-17(4,5)6;/h7-14H2,1-6H3,(H2,18,19,20);1H. The van der Waals surface area contributed by atoms with Crippen molar-refractivity contribution in [1.82, 2.24) is 15.5 Å². The second-order valence-corrected chi connectivity index (χ2v) is 6.30. The Labute approximate surface area is 170 Å². The van der Waals surface area contributed by atoms with E-state index in [0.717, 1.165) is 32.1 Å². The second-order valence-electron chi connectivity index (χ2n) is 6.30. The molecule has 0 bridgehead atoms. The smallest absolute Gasteiger partial charge is 0.410 e. The molecule has 0 aromatic rings. The zero-order chi connectivity index (χ0) is 18.4. The first kappa shape index (κ1) is 26.5. The summed E-state index contributed by atoms with van der Waals surface area (Å²) < 4.78 is 10.7. The van der Waals surface area contributed by atoms with Gasteiger partial charge in [0.25, 0.3) is 0 Å². The summed E-state index contributed by atoms with van der Waals surface area (Å²) >= 11 is 0. The quantitative estimate of drug-likeness (QED) is 0.221. The summed E-state index contributed by atoms with van der Waals surface area (Å²) in [6.07, 6.45) is 0.606. The molecule has 0 spiro atoms. The van der Waals surface area contributed by atoms with Gasteiger partial charge in [-0.05, 0) is 48.0 Å². The van der Waals surface area contributed by atoms with E-state index in [9.17, 15) is 4.79 Å². The van der Waals surface area contributed by atoms with Gasteiger partial charge in [-0.3, -0.25) is 4.99 Å². The molecule has 0 rings (SSSR count). The second kappa shape index (κ2) is 15.5. The molecule has 8 heteroatoms. The van der Waals surface area contributed by atoms with Crippen LogP contribution in [0, 0.1) is 0 Å². The van der Waals surface area contributed by atoms with Crippen molar-refractivity contribution < 1.29 is 14.3 Å². The van der Waals surface area contributed by atoms with E-state index in [1.54, 1.807) is 4.90 Å². The highest BCUT2D eigenvalue weighted by molar-refractivity contribution is 14.0. The van der Waals surface area contributed by atoms with E-state index >= 15 is 0 Å². The highest BCUT2D eigenvalue weighted by Crippen LogP contribution is 2.09. The average molecular weight is 472 g/mol. The molecule has 25 heavy (non-hydrogen) atoms. The van der Waals surface area contributed by atoms with Gasteiger partial charge in [-0.2, -0.15) is 0 Å². The molecule has 0 saturated heterocycles. The van der Waals surface area contributed by atoms with Crippen molar-refractivity contribution in [3.05, 3.63) is 0 Å². The van der Waals surface area contributed by atoms with Crippen molar-refractivity contribution in [3.8, 4) is 0 Å². The predicted molar refractivity (Wildman–Crippen MR) is 114 cm³/mol. The SMILES string of the molecule is CCNC(=NCCCOCC)NCCN(CC)C(=O)OC(C)(C)C.I. The molecule has 0 aliphatic rings. The van der Waals surface area contributed by atoms with Crippen molar-refractivity contribution in [2.45, 2.75) is 53.6 Å². The van der Waals surface area contributed by atoms with Crippen LogP contribution in [0.4, 0.5) is 4.79 Å². The van der Waals surface area contributed by atoms with Crippen LogP contribution in [0.25, 0.3) is 0 Å². The fraction of sp³-hybridized carbons (Fsp3) is 0.882. The Morgan fingerprint density at radius 2 is 1.84 bits per heavy atom. The fourth-order valence-electron chi connectivity index (χ4n) is 1.86. The number of hydrogen-bond donors (Lipinski definition) is 2. The normalized spacial score (nSPS) is 11.5. The summed E-state index contributed by atoms with van der Waals surface area (Å²) in [5.41, 5.74) is -0.477. The predicted octanol–water partition coefficient (Wildman–Crippen LogP) is 2.84. The summed E-state index contributed by atoms with van der Waals surface area (Å²) in [7, 11) is 0. The highest BCUT2D eigenvalue weighted by atomic mass is 127. The Hall–Kier alpha value is -0.770. The van der Waals surface area contributed by atoms with E-state index in [-0.39, 0.29) is 30.1 Å². The number of carbonyl (C=O) groups is 1. The van der Waals surface area contributed by atoms with Crippen molar-refractivity contribution >= 4 is 36.0 Å². The number of rotatable bonds is 10. The number of aliphatic imine (C=N–C) groups is 1. The maximum absolute atomic E-state index is 12.1. The number of hydrogen-bond acceptors (Lipinski definition) is 4. The van der Waals surface area contributed by atoms with Crippen molar-refractivity contribution in [1.29, 1.82) is 0 Å². The van der Waals surface area contributed by atoms with Crippen molar-refractivity contribution in [3.63, 3.8) is 0 Å². The lowest BCUT2D eigenvalue weighted by Crippen LogP contribution is -2.44. The van der Waals surface area contributed by atoms with E-state index < -0.39 is 5.60 Å². The molecule has 2 N–H and O–H groups in total. The van der Waals surface area contributed by atoms with Gasteiger partial charge in [-0.25, -0.2) is 4.79 Å². The minimum atomic E-state index is -0.477. The van der Waals surface area contributed by atoms with Gasteiger partial charge < -0.3 is 25.0 Å². The van der Waals surface area contributed by atoms with Gasteiger partial charge in [0.15, 0.2) is 5.96 Å². The van der Waals surface area contributed by atoms with Crippen LogP contribution in [0.5, 0.6) is 0 Å². The number of guanidine groups is 1. The van der Waals surface area contributed by atoms with Gasteiger partial charge in [0.05, 0.1) is 0 Å². The maximum Gasteiger partial charge on any atom is 0.410 e. The summed E-state index contributed by atoms with van der Waals surface area (Å²) in [5, 5.41) is 6.44. The van der Waals surface area contributed by atoms with E-state index in [2.05, 4.69) is 15.6 Å². The molecule has 0 fully saturated rings. The molecule has 0 atom stereocenters. The minimum Gasteiger partial charge on any atom is -0.444 e. The Morgan fingerprint density at radius 1 is 1.16 bits per heavy atom. The molecule has 0 heterocycles. The third kappa shape index (κ3) is 15.2. The van der Waals surface area contributed by atoms with Gasteiger partial charge in [-0.1, -0.05) is 0 Å². The van der Waals surface area contributed by atoms with Crippen LogP contribution in [-0.4, -0.2) is 68.5 Å². The van der Waals surface area contributed by atoms with Gasteiger partial charge in [0.1, 0.15) is 5.60 Å². The first-order chi connectivity index (χ1) is 11.3. The molecule has 150 valence electrons. The van der Waals surface area contributed by atoms with E-state index in [4.69, 9.17) is 9.47 Å². The third-order valence-corrected chi connectivity index (χ3v) is 2.97. The lowest BCUT2D eigenvalue weighted by atomic mass is 10.2. The zero-order valence-corrected chi connectivity index (χ0v) is 19.0. The largest absolute Gasteiger partial charge is 0.444 e. The molecular weight excluding hydrogens is 435 g/mol. The van der Waals surface area contributed by atoms with Gasteiger partial charge >= 0.3 is 6.09 Å². The van der Waals surface area contributed by atoms with Gasteiger partial charge in [0.2, 0.25) is 0 Å². The Kier molecular flexibility index (Phi) is 16.4. The molecule has 0 aliphatic carbocycles. The fourth-order valence-corrected chi connectivity index (χ4v) is 1.86. The van der Waals surface area contributed by atoms with Crippen LogP contribution in [0.15, 0.2) is 4.99 Å². The molecule has 0 saturated carbocycles. The van der Waals surface area contributed by atoms with Crippen LogP contribution < -0.4 is 10.6 Å². The summed E-state index contributed by atoms with van der Waals surface area (Å²) in [6.45, 7) is 16.3. The van der Waals surface area contributed by atoms with E-state index in [1.807, 2.05) is 41.5 Å². The van der Waals surface area contributed by atoms with Crippen LogP contribution in [0.3, 0.4) is 0 Å². The number of carbonyl (C=O) groups excluding carboxylic acids is 1. The Bertz CT molecular complexity index is 373. The maximum atomic E-state index is 12.1. The minimum absolute atomic E-state index is 0. The van der Waals surface area contributed by atoms with E-state index in [1.165, 1.54) is 0 Å².